The van der Waals surface area contributed by atoms with Crippen molar-refractivity contribution in [3.05, 3.63) is 30.3 Å². The number of anilines is 1. The van der Waals surface area contributed by atoms with Gasteiger partial charge in [-0.3, -0.25) is 9.59 Å². The van der Waals surface area contributed by atoms with Gasteiger partial charge in [0.15, 0.2) is 0 Å². The maximum Gasteiger partial charge on any atom is 0.246 e. The van der Waals surface area contributed by atoms with Crippen LogP contribution in [-0.2, 0) is 9.59 Å². The van der Waals surface area contributed by atoms with Gasteiger partial charge in [-0.05, 0) is 26.1 Å². The average Bonchev–Trinajstić information content (AvgIpc) is 2.40. The number of hydrogen-bond acceptors (Lipinski definition) is 3. The molecule has 0 aliphatic carbocycles. The predicted molar refractivity (Wildman–Crippen MR) is 75.8 cm³/mol. The van der Waals surface area contributed by atoms with Gasteiger partial charge in [0.05, 0.1) is 0 Å². The standard InChI is InChI=1S/C14H21N3O2/c1-10(9-15-3)13(18)16-11(2)14(19)17-12-7-5-4-6-8-12/h4-8,10-11,15H,9H2,1-3H3,(H,16,18)(H,17,19). The quantitative estimate of drug-likeness (QED) is 0.716. The molecule has 3 N–H and O–H groups in total. The smallest absolute Gasteiger partial charge is 0.246 e. The molecule has 1 aromatic rings. The normalized spacial score (nSPS) is 13.4. The van der Waals surface area contributed by atoms with E-state index >= 15 is 0 Å². The highest BCUT2D eigenvalue weighted by Gasteiger charge is 2.19. The largest absolute Gasteiger partial charge is 0.344 e. The van der Waals surface area contributed by atoms with Gasteiger partial charge in [0, 0.05) is 18.2 Å². The van der Waals surface area contributed by atoms with Crippen molar-refractivity contribution in [3.8, 4) is 0 Å². The molecule has 0 heterocycles. The first-order chi connectivity index (χ1) is 9.04. The van der Waals surface area contributed by atoms with Crippen LogP contribution in [0, 0.1) is 5.92 Å². The molecule has 1 aromatic carbocycles. The molecule has 0 spiro atoms. The fourth-order valence-corrected chi connectivity index (χ4v) is 1.59. The van der Waals surface area contributed by atoms with E-state index in [0.29, 0.717) is 6.54 Å². The lowest BCUT2D eigenvalue weighted by Crippen LogP contribution is -2.45. The zero-order chi connectivity index (χ0) is 14.3. The summed E-state index contributed by atoms with van der Waals surface area (Å²) in [5.74, 6) is -0.529. The van der Waals surface area contributed by atoms with Crippen molar-refractivity contribution in [2.24, 2.45) is 5.92 Å². The molecule has 5 nitrogen and oxygen atoms in total. The first-order valence-corrected chi connectivity index (χ1v) is 6.35. The van der Waals surface area contributed by atoms with Crippen molar-refractivity contribution in [1.82, 2.24) is 10.6 Å². The highest BCUT2D eigenvalue weighted by molar-refractivity contribution is 5.97. The lowest BCUT2D eigenvalue weighted by molar-refractivity contribution is -0.128. The van der Waals surface area contributed by atoms with Gasteiger partial charge in [-0.25, -0.2) is 0 Å². The van der Waals surface area contributed by atoms with Crippen LogP contribution in [0.25, 0.3) is 0 Å². The summed E-state index contributed by atoms with van der Waals surface area (Å²) < 4.78 is 0. The maximum atomic E-state index is 11.9. The summed E-state index contributed by atoms with van der Waals surface area (Å²) in [6.45, 7) is 4.06. The molecule has 0 radical (unpaired) electrons. The number of carbonyl (C=O) groups is 2. The second-order valence-corrected chi connectivity index (χ2v) is 4.54. The minimum Gasteiger partial charge on any atom is -0.344 e. The summed E-state index contributed by atoms with van der Waals surface area (Å²) in [7, 11) is 1.79. The molecule has 104 valence electrons. The minimum atomic E-state index is -0.563. The van der Waals surface area contributed by atoms with Crippen LogP contribution in [0.1, 0.15) is 13.8 Å². The van der Waals surface area contributed by atoms with E-state index in [-0.39, 0.29) is 17.7 Å². The number of hydrogen-bond donors (Lipinski definition) is 3. The summed E-state index contributed by atoms with van der Waals surface area (Å²) >= 11 is 0. The third kappa shape index (κ3) is 5.09. The zero-order valence-electron chi connectivity index (χ0n) is 11.6. The third-order valence-corrected chi connectivity index (χ3v) is 2.75. The molecule has 0 aliphatic rings. The molecule has 0 bridgehead atoms. The minimum absolute atomic E-state index is 0.134. The van der Waals surface area contributed by atoms with Gasteiger partial charge in [0.25, 0.3) is 0 Å². The Bertz CT molecular complexity index is 420. The Morgan fingerprint density at radius 2 is 1.74 bits per heavy atom. The highest BCUT2D eigenvalue weighted by Crippen LogP contribution is 2.05. The van der Waals surface area contributed by atoms with E-state index < -0.39 is 6.04 Å². The Morgan fingerprint density at radius 3 is 2.32 bits per heavy atom. The Hall–Kier alpha value is -1.88. The van der Waals surface area contributed by atoms with E-state index in [1.807, 2.05) is 25.1 Å². The summed E-state index contributed by atoms with van der Waals surface area (Å²) in [6.07, 6.45) is 0. The monoisotopic (exact) mass is 263 g/mol. The summed E-state index contributed by atoms with van der Waals surface area (Å²) in [4.78, 5) is 23.7. The van der Waals surface area contributed by atoms with Crippen LogP contribution in [0.15, 0.2) is 30.3 Å². The van der Waals surface area contributed by atoms with Crippen LogP contribution in [0.2, 0.25) is 0 Å². The van der Waals surface area contributed by atoms with Gasteiger partial charge in [0.2, 0.25) is 11.8 Å². The molecular formula is C14H21N3O2. The van der Waals surface area contributed by atoms with Crippen LogP contribution in [0.3, 0.4) is 0 Å². The van der Waals surface area contributed by atoms with Crippen LogP contribution >= 0.6 is 0 Å². The molecule has 0 aromatic heterocycles. The van der Waals surface area contributed by atoms with Crippen LogP contribution in [-0.4, -0.2) is 31.4 Å². The molecule has 1 rings (SSSR count). The van der Waals surface area contributed by atoms with Gasteiger partial charge in [0.1, 0.15) is 6.04 Å². The number of carbonyl (C=O) groups excluding carboxylic acids is 2. The Labute approximate surface area is 113 Å². The van der Waals surface area contributed by atoms with Crippen molar-refractivity contribution in [3.63, 3.8) is 0 Å². The van der Waals surface area contributed by atoms with E-state index in [9.17, 15) is 9.59 Å². The van der Waals surface area contributed by atoms with Crippen molar-refractivity contribution in [2.45, 2.75) is 19.9 Å². The van der Waals surface area contributed by atoms with Crippen molar-refractivity contribution < 1.29 is 9.59 Å². The van der Waals surface area contributed by atoms with Gasteiger partial charge in [-0.2, -0.15) is 0 Å². The average molecular weight is 263 g/mol. The van der Waals surface area contributed by atoms with Crippen LogP contribution in [0.4, 0.5) is 5.69 Å². The Kier molecular flexibility index (Phi) is 6.02. The molecule has 19 heavy (non-hydrogen) atoms. The Balaban J connectivity index is 2.47. The van der Waals surface area contributed by atoms with Crippen molar-refractivity contribution in [1.29, 1.82) is 0 Å². The van der Waals surface area contributed by atoms with Gasteiger partial charge in [-0.1, -0.05) is 25.1 Å². The van der Waals surface area contributed by atoms with Gasteiger partial charge >= 0.3 is 0 Å². The van der Waals surface area contributed by atoms with E-state index in [1.165, 1.54) is 0 Å². The third-order valence-electron chi connectivity index (χ3n) is 2.75. The molecule has 2 atom stereocenters. The predicted octanol–water partition coefficient (Wildman–Crippen LogP) is 0.985. The topological polar surface area (TPSA) is 70.2 Å². The first-order valence-electron chi connectivity index (χ1n) is 6.35. The molecule has 2 unspecified atom stereocenters. The van der Waals surface area contributed by atoms with E-state index in [2.05, 4.69) is 16.0 Å². The number of para-hydroxylation sites is 1. The summed E-state index contributed by atoms with van der Waals surface area (Å²) in [6, 6.07) is 8.60. The lowest BCUT2D eigenvalue weighted by atomic mass is 10.1. The number of nitrogens with one attached hydrogen (secondary N) is 3. The summed E-state index contributed by atoms with van der Waals surface area (Å²) in [5, 5.41) is 8.37. The fraction of sp³-hybridized carbons (Fsp3) is 0.429. The maximum absolute atomic E-state index is 11.9. The van der Waals surface area contributed by atoms with Gasteiger partial charge < -0.3 is 16.0 Å². The number of rotatable bonds is 6. The van der Waals surface area contributed by atoms with Crippen molar-refractivity contribution in [2.75, 3.05) is 18.9 Å². The molecule has 5 heteroatoms. The highest BCUT2D eigenvalue weighted by atomic mass is 16.2. The molecule has 2 amide bonds. The van der Waals surface area contributed by atoms with E-state index in [1.54, 1.807) is 26.1 Å². The first kappa shape index (κ1) is 15.2. The lowest BCUT2D eigenvalue weighted by Gasteiger charge is -2.17. The molecular weight excluding hydrogens is 242 g/mol. The van der Waals surface area contributed by atoms with Crippen molar-refractivity contribution >= 4 is 17.5 Å². The molecule has 0 aliphatic heterocycles. The molecule has 0 saturated carbocycles. The second kappa shape index (κ2) is 7.53. The molecule has 0 saturated heterocycles. The number of amides is 2. The zero-order valence-corrected chi connectivity index (χ0v) is 11.6. The second-order valence-electron chi connectivity index (χ2n) is 4.54. The Morgan fingerprint density at radius 1 is 1.11 bits per heavy atom. The van der Waals surface area contributed by atoms with E-state index in [0.717, 1.165) is 5.69 Å². The fourth-order valence-electron chi connectivity index (χ4n) is 1.59. The van der Waals surface area contributed by atoms with Gasteiger partial charge in [-0.15, -0.1) is 0 Å². The summed E-state index contributed by atoms with van der Waals surface area (Å²) in [5.41, 5.74) is 0.719. The van der Waals surface area contributed by atoms with Crippen LogP contribution in [0.5, 0.6) is 0 Å². The number of benzene rings is 1. The molecule has 0 fully saturated rings. The van der Waals surface area contributed by atoms with Crippen LogP contribution < -0.4 is 16.0 Å². The SMILES string of the molecule is CNCC(C)C(=O)NC(C)C(=O)Nc1ccccc1. The van der Waals surface area contributed by atoms with E-state index in [4.69, 9.17) is 0 Å².